The lowest BCUT2D eigenvalue weighted by atomic mass is 10.1. The van der Waals surface area contributed by atoms with E-state index in [0.717, 1.165) is 25.0 Å². The lowest BCUT2D eigenvalue weighted by Crippen LogP contribution is -2.47. The summed E-state index contributed by atoms with van der Waals surface area (Å²) in [7, 11) is 0. The fourth-order valence-corrected chi connectivity index (χ4v) is 2.36. The first-order valence-electron chi connectivity index (χ1n) is 6.41. The van der Waals surface area contributed by atoms with Crippen LogP contribution in [0.5, 0.6) is 0 Å². The van der Waals surface area contributed by atoms with Crippen molar-refractivity contribution in [2.24, 2.45) is 0 Å². The van der Waals surface area contributed by atoms with Crippen LogP contribution in [0.1, 0.15) is 25.3 Å². The van der Waals surface area contributed by atoms with Crippen molar-refractivity contribution in [1.29, 1.82) is 0 Å². The fourth-order valence-electron chi connectivity index (χ4n) is 2.36. The van der Waals surface area contributed by atoms with Crippen LogP contribution in [0, 0.1) is 0 Å². The zero-order chi connectivity index (χ0) is 14.8. The van der Waals surface area contributed by atoms with Crippen LogP contribution in [0.25, 0.3) is 0 Å². The van der Waals surface area contributed by atoms with Crippen molar-refractivity contribution in [3.8, 4) is 0 Å². The molecule has 1 unspecified atom stereocenters. The lowest BCUT2D eigenvalue weighted by molar-refractivity contribution is -0.137. The van der Waals surface area contributed by atoms with E-state index in [2.05, 4.69) is 10.3 Å². The van der Waals surface area contributed by atoms with Crippen LogP contribution in [-0.2, 0) is 11.0 Å². The Kier molecular flexibility index (Phi) is 4.15. The second-order valence-electron chi connectivity index (χ2n) is 4.89. The van der Waals surface area contributed by atoms with Gasteiger partial charge in [-0.2, -0.15) is 13.2 Å². The smallest absolute Gasteiger partial charge is 0.355 e. The zero-order valence-electron chi connectivity index (χ0n) is 11.1. The van der Waals surface area contributed by atoms with Crippen LogP contribution >= 0.6 is 0 Å². The molecule has 0 spiro atoms. The van der Waals surface area contributed by atoms with Gasteiger partial charge in [0.15, 0.2) is 0 Å². The summed E-state index contributed by atoms with van der Waals surface area (Å²) in [4.78, 5) is 16.8. The van der Waals surface area contributed by atoms with Gasteiger partial charge in [0.25, 0.3) is 0 Å². The van der Waals surface area contributed by atoms with Crippen molar-refractivity contribution in [2.45, 2.75) is 32.0 Å². The molecule has 1 aliphatic heterocycles. The Labute approximate surface area is 115 Å². The predicted octanol–water partition coefficient (Wildman–Crippen LogP) is 2.21. The number of hydrogen-bond acceptors (Lipinski definition) is 3. The summed E-state index contributed by atoms with van der Waals surface area (Å²) >= 11 is 0. The monoisotopic (exact) mass is 287 g/mol. The molecule has 0 bridgehead atoms. The van der Waals surface area contributed by atoms with Crippen LogP contribution in [0.3, 0.4) is 0 Å². The second-order valence-corrected chi connectivity index (χ2v) is 4.89. The number of aromatic nitrogens is 1. The van der Waals surface area contributed by atoms with Crippen LogP contribution in [0.15, 0.2) is 18.3 Å². The molecule has 20 heavy (non-hydrogen) atoms. The number of carbonyl (C=O) groups excluding carboxylic acids is 1. The molecule has 0 radical (unpaired) electrons. The number of piperidine rings is 1. The van der Waals surface area contributed by atoms with E-state index in [1.165, 1.54) is 13.1 Å². The maximum atomic E-state index is 12.7. The number of rotatable bonds is 2. The molecule has 1 fully saturated rings. The summed E-state index contributed by atoms with van der Waals surface area (Å²) in [5.41, 5.74) is -0.704. The van der Waals surface area contributed by atoms with Crippen molar-refractivity contribution in [3.05, 3.63) is 23.9 Å². The fraction of sp³-hybridized carbons (Fsp3) is 0.538. The maximum Gasteiger partial charge on any atom is 0.416 e. The highest BCUT2D eigenvalue weighted by Gasteiger charge is 2.31. The number of amides is 1. The molecule has 7 heteroatoms. The summed E-state index contributed by atoms with van der Waals surface area (Å²) < 4.78 is 38.0. The third kappa shape index (κ3) is 3.61. The molecule has 1 amide bonds. The molecule has 0 saturated carbocycles. The number of halogens is 3. The molecule has 1 N–H and O–H groups in total. The SMILES string of the molecule is CC(=O)NC1CCCN(c2cc(C(F)(F)F)ccn2)C1. The lowest BCUT2D eigenvalue weighted by Gasteiger charge is -2.34. The van der Waals surface area contributed by atoms with Gasteiger partial charge in [-0.25, -0.2) is 4.98 Å². The number of hydrogen-bond donors (Lipinski definition) is 1. The molecular weight excluding hydrogens is 271 g/mol. The number of pyridine rings is 1. The quantitative estimate of drug-likeness (QED) is 0.907. The third-order valence-corrected chi connectivity index (χ3v) is 3.23. The minimum absolute atomic E-state index is 0.0439. The molecule has 2 heterocycles. The summed E-state index contributed by atoms with van der Waals surface area (Å²) in [6.45, 7) is 2.56. The number of carbonyl (C=O) groups is 1. The normalized spacial score (nSPS) is 19.8. The molecule has 4 nitrogen and oxygen atoms in total. The Balaban J connectivity index is 2.13. The predicted molar refractivity (Wildman–Crippen MR) is 68.3 cm³/mol. The Bertz CT molecular complexity index is 490. The van der Waals surface area contributed by atoms with Crippen molar-refractivity contribution in [3.63, 3.8) is 0 Å². The van der Waals surface area contributed by atoms with Crippen molar-refractivity contribution < 1.29 is 18.0 Å². The minimum Gasteiger partial charge on any atom is -0.355 e. The molecule has 1 aromatic heterocycles. The topological polar surface area (TPSA) is 45.2 Å². The number of nitrogens with one attached hydrogen (secondary N) is 1. The van der Waals surface area contributed by atoms with Gasteiger partial charge >= 0.3 is 6.18 Å². The van der Waals surface area contributed by atoms with Crippen LogP contribution in [-0.4, -0.2) is 30.0 Å². The molecule has 110 valence electrons. The van der Waals surface area contributed by atoms with Gasteiger partial charge in [-0.15, -0.1) is 0 Å². The van der Waals surface area contributed by atoms with Gasteiger partial charge in [0.05, 0.1) is 5.56 Å². The van der Waals surface area contributed by atoms with E-state index in [4.69, 9.17) is 0 Å². The van der Waals surface area contributed by atoms with Crippen LogP contribution < -0.4 is 10.2 Å². The number of anilines is 1. The molecule has 1 aliphatic rings. The number of alkyl halides is 3. The summed E-state index contributed by atoms with van der Waals surface area (Å²) in [6.07, 6.45) is -1.57. The second kappa shape index (κ2) is 5.68. The molecule has 1 saturated heterocycles. The maximum absolute atomic E-state index is 12.7. The van der Waals surface area contributed by atoms with Gasteiger partial charge in [-0.05, 0) is 25.0 Å². The van der Waals surface area contributed by atoms with E-state index < -0.39 is 11.7 Å². The van der Waals surface area contributed by atoms with Gasteiger partial charge in [-0.3, -0.25) is 4.79 Å². The molecule has 0 aromatic carbocycles. The third-order valence-electron chi connectivity index (χ3n) is 3.23. The molecular formula is C13H16F3N3O. The van der Waals surface area contributed by atoms with Crippen molar-refractivity contribution >= 4 is 11.7 Å². The van der Waals surface area contributed by atoms with Gasteiger partial charge in [0, 0.05) is 32.3 Å². The first-order chi connectivity index (χ1) is 9.36. The van der Waals surface area contributed by atoms with Gasteiger partial charge in [-0.1, -0.05) is 0 Å². The van der Waals surface area contributed by atoms with E-state index in [9.17, 15) is 18.0 Å². The summed E-state index contributed by atoms with van der Waals surface area (Å²) in [5, 5.41) is 2.80. The Morgan fingerprint density at radius 2 is 2.25 bits per heavy atom. The average molecular weight is 287 g/mol. The molecule has 2 rings (SSSR count). The summed E-state index contributed by atoms with van der Waals surface area (Å²) in [5.74, 6) is 0.170. The number of nitrogens with zero attached hydrogens (tertiary/aromatic N) is 2. The highest BCUT2D eigenvalue weighted by molar-refractivity contribution is 5.73. The van der Waals surface area contributed by atoms with Gasteiger partial charge in [0.2, 0.25) is 5.91 Å². The minimum atomic E-state index is -4.37. The van der Waals surface area contributed by atoms with Gasteiger partial charge < -0.3 is 10.2 Å². The van der Waals surface area contributed by atoms with E-state index in [0.29, 0.717) is 18.9 Å². The van der Waals surface area contributed by atoms with E-state index in [1.807, 2.05) is 0 Å². The highest BCUT2D eigenvalue weighted by atomic mass is 19.4. The summed E-state index contributed by atoms with van der Waals surface area (Å²) in [6, 6.07) is 1.96. The Hall–Kier alpha value is -1.79. The van der Waals surface area contributed by atoms with Crippen molar-refractivity contribution in [2.75, 3.05) is 18.0 Å². The van der Waals surface area contributed by atoms with E-state index in [1.54, 1.807) is 4.90 Å². The van der Waals surface area contributed by atoms with Crippen LogP contribution in [0.4, 0.5) is 19.0 Å². The first-order valence-corrected chi connectivity index (χ1v) is 6.41. The largest absolute Gasteiger partial charge is 0.416 e. The standard InChI is InChI=1S/C13H16F3N3O/c1-9(20)18-11-3-2-6-19(8-11)12-7-10(4-5-17-12)13(14,15)16/h4-5,7,11H,2-3,6,8H2,1H3,(H,18,20). The molecule has 1 atom stereocenters. The Morgan fingerprint density at radius 1 is 1.50 bits per heavy atom. The van der Waals surface area contributed by atoms with Gasteiger partial charge in [0.1, 0.15) is 5.82 Å². The van der Waals surface area contributed by atoms with E-state index in [-0.39, 0.29) is 11.9 Å². The van der Waals surface area contributed by atoms with E-state index >= 15 is 0 Å². The Morgan fingerprint density at radius 3 is 2.90 bits per heavy atom. The first kappa shape index (κ1) is 14.6. The average Bonchev–Trinajstić information content (AvgIpc) is 2.37. The molecule has 1 aromatic rings. The van der Waals surface area contributed by atoms with Crippen LogP contribution in [0.2, 0.25) is 0 Å². The van der Waals surface area contributed by atoms with Crippen molar-refractivity contribution in [1.82, 2.24) is 10.3 Å². The zero-order valence-corrected chi connectivity index (χ0v) is 11.1. The molecule has 0 aliphatic carbocycles. The highest BCUT2D eigenvalue weighted by Crippen LogP contribution is 2.31.